The maximum atomic E-state index is 12.6. The second-order valence-electron chi connectivity index (χ2n) is 9.60. The van der Waals surface area contributed by atoms with Gasteiger partial charge in [0.25, 0.3) is 0 Å². The average Bonchev–Trinajstić information content (AvgIpc) is 3.35. The Bertz CT molecular complexity index is 836. The van der Waals surface area contributed by atoms with E-state index in [0.717, 1.165) is 49.3 Å². The van der Waals surface area contributed by atoms with Crippen LogP contribution < -0.4 is 5.73 Å². The average molecular weight is 448 g/mol. The molecule has 2 N–H and O–H groups in total. The van der Waals surface area contributed by atoms with Gasteiger partial charge in [0.1, 0.15) is 0 Å². The van der Waals surface area contributed by atoms with Crippen LogP contribution in [0.4, 0.5) is 0 Å². The van der Waals surface area contributed by atoms with E-state index in [2.05, 4.69) is 18.7 Å². The fourth-order valence-electron chi connectivity index (χ4n) is 5.18. The molecule has 1 saturated carbocycles. The summed E-state index contributed by atoms with van der Waals surface area (Å²) in [7, 11) is 0. The van der Waals surface area contributed by atoms with Crippen molar-refractivity contribution < 1.29 is 14.3 Å². The zero-order valence-corrected chi connectivity index (χ0v) is 19.4. The number of nitrogens with zero attached hydrogens (tertiary/aromatic N) is 2. The number of carbonyl (C=O) groups excluding carboxylic acids is 2. The monoisotopic (exact) mass is 447 g/mol. The van der Waals surface area contributed by atoms with Gasteiger partial charge in [-0.25, -0.2) is 0 Å². The van der Waals surface area contributed by atoms with E-state index in [1.165, 1.54) is 12.8 Å². The Morgan fingerprint density at radius 2 is 2.03 bits per heavy atom. The summed E-state index contributed by atoms with van der Waals surface area (Å²) in [4.78, 5) is 29.3. The molecule has 2 amide bonds. The maximum Gasteiger partial charge on any atom is 0.225 e. The molecule has 0 aromatic heterocycles. The van der Waals surface area contributed by atoms with E-state index >= 15 is 0 Å². The summed E-state index contributed by atoms with van der Waals surface area (Å²) in [6.07, 6.45) is 3.95. The third-order valence-corrected chi connectivity index (χ3v) is 7.40. The second-order valence-corrected chi connectivity index (χ2v) is 10.0. The van der Waals surface area contributed by atoms with Gasteiger partial charge in [-0.05, 0) is 67.9 Å². The maximum absolute atomic E-state index is 12.6. The van der Waals surface area contributed by atoms with Gasteiger partial charge in [-0.3, -0.25) is 14.5 Å². The minimum absolute atomic E-state index is 0.101. The standard InChI is InChI=1S/C24H34ClN3O3/c1-15-12-27(6-7-28(15)22(29)9-17-3-4-17)13-19-10-20(25)11-21(16(19)2)23(24(26)30)18-5-8-31-14-18/h10-11,15,17-18,23H,3-9,12-14H2,1-2H3,(H2,26,30)/t15-,18?,23?/m0/s1. The molecule has 31 heavy (non-hydrogen) atoms. The number of halogens is 1. The van der Waals surface area contributed by atoms with E-state index in [0.29, 0.717) is 36.5 Å². The predicted octanol–water partition coefficient (Wildman–Crippen LogP) is 3.09. The van der Waals surface area contributed by atoms with Gasteiger partial charge in [-0.15, -0.1) is 0 Å². The third-order valence-electron chi connectivity index (χ3n) is 7.18. The van der Waals surface area contributed by atoms with Gasteiger partial charge in [0.05, 0.1) is 12.5 Å². The molecule has 2 heterocycles. The Hall–Kier alpha value is -1.63. The summed E-state index contributed by atoms with van der Waals surface area (Å²) >= 11 is 6.49. The molecule has 7 heteroatoms. The number of carbonyl (C=O) groups is 2. The number of nitrogens with two attached hydrogens (primary N) is 1. The second kappa shape index (κ2) is 9.47. The highest BCUT2D eigenvalue weighted by Gasteiger charge is 2.34. The molecule has 3 aliphatic rings. The van der Waals surface area contributed by atoms with E-state index < -0.39 is 0 Å². The zero-order chi connectivity index (χ0) is 22.1. The van der Waals surface area contributed by atoms with Crippen molar-refractivity contribution in [2.45, 2.75) is 58.0 Å². The Morgan fingerprint density at radius 1 is 1.26 bits per heavy atom. The van der Waals surface area contributed by atoms with Crippen LogP contribution in [-0.2, 0) is 20.9 Å². The molecule has 0 spiro atoms. The SMILES string of the molecule is Cc1c(CN2CCN(C(=O)CC3CC3)[C@@H](C)C2)cc(Cl)cc1C(C(N)=O)C1CCOC1. The van der Waals surface area contributed by atoms with E-state index in [9.17, 15) is 9.59 Å². The number of piperazine rings is 1. The van der Waals surface area contributed by atoms with Crippen molar-refractivity contribution in [1.82, 2.24) is 9.80 Å². The lowest BCUT2D eigenvalue weighted by molar-refractivity contribution is -0.136. The number of hydrogen-bond donors (Lipinski definition) is 1. The molecule has 1 aromatic rings. The molecule has 170 valence electrons. The van der Waals surface area contributed by atoms with Crippen LogP contribution in [0.15, 0.2) is 12.1 Å². The van der Waals surface area contributed by atoms with Gasteiger partial charge in [0.15, 0.2) is 0 Å². The van der Waals surface area contributed by atoms with Crippen molar-refractivity contribution in [3.05, 3.63) is 33.8 Å². The molecule has 1 aromatic carbocycles. The first-order valence-corrected chi connectivity index (χ1v) is 11.9. The molecule has 2 aliphatic heterocycles. The summed E-state index contributed by atoms with van der Waals surface area (Å²) < 4.78 is 5.52. The van der Waals surface area contributed by atoms with E-state index in [-0.39, 0.29) is 23.8 Å². The van der Waals surface area contributed by atoms with Crippen LogP contribution in [0.5, 0.6) is 0 Å². The van der Waals surface area contributed by atoms with Crippen LogP contribution in [-0.4, -0.2) is 60.5 Å². The smallest absolute Gasteiger partial charge is 0.225 e. The van der Waals surface area contributed by atoms with E-state index in [1.54, 1.807) is 0 Å². The molecule has 2 unspecified atom stereocenters. The van der Waals surface area contributed by atoms with Crippen molar-refractivity contribution in [1.29, 1.82) is 0 Å². The van der Waals surface area contributed by atoms with Gasteiger partial charge in [-0.1, -0.05) is 11.6 Å². The number of benzene rings is 1. The number of rotatable bonds is 7. The number of primary amides is 1. The Morgan fingerprint density at radius 3 is 2.65 bits per heavy atom. The minimum Gasteiger partial charge on any atom is -0.381 e. The summed E-state index contributed by atoms with van der Waals surface area (Å²) in [5.74, 6) is 0.329. The summed E-state index contributed by atoms with van der Waals surface area (Å²) in [6.45, 7) is 8.63. The third kappa shape index (κ3) is 5.24. The van der Waals surface area contributed by atoms with Crippen molar-refractivity contribution in [3.8, 4) is 0 Å². The summed E-state index contributed by atoms with van der Waals surface area (Å²) in [5, 5.41) is 0.632. The lowest BCUT2D eigenvalue weighted by atomic mass is 9.81. The molecule has 1 aliphatic carbocycles. The van der Waals surface area contributed by atoms with Crippen LogP contribution >= 0.6 is 11.6 Å². The van der Waals surface area contributed by atoms with Crippen molar-refractivity contribution in [3.63, 3.8) is 0 Å². The normalized spacial score (nSPS) is 25.6. The topological polar surface area (TPSA) is 75.9 Å². The Kier molecular flexibility index (Phi) is 6.89. The molecule has 0 bridgehead atoms. The Labute approximate surface area is 190 Å². The van der Waals surface area contributed by atoms with Crippen molar-refractivity contribution >= 4 is 23.4 Å². The molecule has 2 saturated heterocycles. The molecule has 4 rings (SSSR count). The van der Waals surface area contributed by atoms with E-state index in [1.807, 2.05) is 17.0 Å². The quantitative estimate of drug-likeness (QED) is 0.696. The summed E-state index contributed by atoms with van der Waals surface area (Å²) in [5.41, 5.74) is 8.95. The molecular formula is C24H34ClN3O3. The lowest BCUT2D eigenvalue weighted by Gasteiger charge is -2.40. The zero-order valence-electron chi connectivity index (χ0n) is 18.6. The molecule has 3 fully saturated rings. The highest BCUT2D eigenvalue weighted by atomic mass is 35.5. The molecule has 0 radical (unpaired) electrons. The first-order valence-electron chi connectivity index (χ1n) is 11.5. The van der Waals surface area contributed by atoms with Crippen LogP contribution in [0.25, 0.3) is 0 Å². The van der Waals surface area contributed by atoms with Crippen molar-refractivity contribution in [2.24, 2.45) is 17.6 Å². The van der Waals surface area contributed by atoms with E-state index in [4.69, 9.17) is 22.1 Å². The van der Waals surface area contributed by atoms with Gasteiger partial charge >= 0.3 is 0 Å². The molecule has 3 atom stereocenters. The first-order chi connectivity index (χ1) is 14.8. The number of amides is 2. The van der Waals surface area contributed by atoms with Crippen LogP contribution in [0.1, 0.15) is 55.2 Å². The minimum atomic E-state index is -0.379. The lowest BCUT2D eigenvalue weighted by Crippen LogP contribution is -2.53. The van der Waals surface area contributed by atoms with Gasteiger partial charge in [0.2, 0.25) is 11.8 Å². The molecule has 6 nitrogen and oxygen atoms in total. The predicted molar refractivity (Wildman–Crippen MR) is 121 cm³/mol. The highest BCUT2D eigenvalue weighted by molar-refractivity contribution is 6.30. The largest absolute Gasteiger partial charge is 0.381 e. The van der Waals surface area contributed by atoms with Gasteiger partial charge < -0.3 is 15.4 Å². The first kappa shape index (κ1) is 22.6. The number of hydrogen-bond acceptors (Lipinski definition) is 4. The van der Waals surface area contributed by atoms with Gasteiger partial charge in [0, 0.05) is 56.2 Å². The van der Waals surface area contributed by atoms with Crippen molar-refractivity contribution in [2.75, 3.05) is 32.8 Å². The fourth-order valence-corrected chi connectivity index (χ4v) is 5.42. The molecular weight excluding hydrogens is 414 g/mol. The fraction of sp³-hybridized carbons (Fsp3) is 0.667. The number of ether oxygens (including phenoxy) is 1. The summed E-state index contributed by atoms with van der Waals surface area (Å²) in [6, 6.07) is 4.09. The Balaban J connectivity index is 1.47. The van der Waals surface area contributed by atoms with Crippen LogP contribution in [0.3, 0.4) is 0 Å². The van der Waals surface area contributed by atoms with Crippen LogP contribution in [0.2, 0.25) is 5.02 Å². The van der Waals surface area contributed by atoms with Gasteiger partial charge in [-0.2, -0.15) is 0 Å². The van der Waals surface area contributed by atoms with Crippen LogP contribution in [0, 0.1) is 18.8 Å². The highest BCUT2D eigenvalue weighted by Crippen LogP contribution is 2.36.